The highest BCUT2D eigenvalue weighted by Crippen LogP contribution is 2.12. The number of hydrogen-bond acceptors (Lipinski definition) is 4. The number of ether oxygens (including phenoxy) is 2. The standard InChI is InChI=1S/C15H25N3O3/c1-11-14(12(2)18-17-11)6-3-7-16-15(19)10-20-9-13-5-4-8-21-13/h13H,3-10H2,1-2H3,(H,16,19)(H,17,18)/t13-/m1/s1. The second kappa shape index (κ2) is 8.14. The van der Waals surface area contributed by atoms with E-state index in [1.807, 2.05) is 13.8 Å². The number of nitrogens with one attached hydrogen (secondary N) is 2. The van der Waals surface area contributed by atoms with Gasteiger partial charge in [0.2, 0.25) is 5.91 Å². The van der Waals surface area contributed by atoms with Crippen molar-refractivity contribution in [2.45, 2.75) is 45.6 Å². The predicted octanol–water partition coefficient (Wildman–Crippen LogP) is 1.27. The average molecular weight is 295 g/mol. The monoisotopic (exact) mass is 295 g/mol. The Morgan fingerprint density at radius 3 is 3.05 bits per heavy atom. The highest BCUT2D eigenvalue weighted by Gasteiger charge is 2.15. The van der Waals surface area contributed by atoms with Crippen molar-refractivity contribution in [2.75, 3.05) is 26.4 Å². The second-order valence-corrected chi connectivity index (χ2v) is 5.52. The quantitative estimate of drug-likeness (QED) is 0.708. The van der Waals surface area contributed by atoms with Gasteiger partial charge in [0.1, 0.15) is 6.61 Å². The molecule has 1 aromatic rings. The molecule has 1 fully saturated rings. The number of hydrogen-bond donors (Lipinski definition) is 2. The van der Waals surface area contributed by atoms with Gasteiger partial charge < -0.3 is 14.8 Å². The van der Waals surface area contributed by atoms with Gasteiger partial charge in [0.15, 0.2) is 0 Å². The molecule has 118 valence electrons. The molecule has 1 aliphatic rings. The number of carbonyl (C=O) groups is 1. The van der Waals surface area contributed by atoms with Crippen LogP contribution in [0.5, 0.6) is 0 Å². The van der Waals surface area contributed by atoms with Gasteiger partial charge in [0, 0.05) is 18.8 Å². The molecule has 2 rings (SSSR count). The van der Waals surface area contributed by atoms with E-state index in [1.54, 1.807) is 0 Å². The SMILES string of the molecule is Cc1n[nH]c(C)c1CCCNC(=O)COC[C@H]1CCCO1. The van der Waals surface area contributed by atoms with E-state index in [4.69, 9.17) is 9.47 Å². The number of amides is 1. The lowest BCUT2D eigenvalue weighted by Gasteiger charge is -2.10. The zero-order valence-corrected chi connectivity index (χ0v) is 12.9. The molecule has 1 saturated heterocycles. The summed E-state index contributed by atoms with van der Waals surface area (Å²) >= 11 is 0. The van der Waals surface area contributed by atoms with Crippen LogP contribution in [-0.4, -0.2) is 48.6 Å². The fraction of sp³-hybridized carbons (Fsp3) is 0.733. The van der Waals surface area contributed by atoms with Crippen molar-refractivity contribution >= 4 is 5.91 Å². The van der Waals surface area contributed by atoms with Crippen LogP contribution >= 0.6 is 0 Å². The van der Waals surface area contributed by atoms with Crippen LogP contribution in [0.4, 0.5) is 0 Å². The van der Waals surface area contributed by atoms with Crippen LogP contribution in [0.25, 0.3) is 0 Å². The fourth-order valence-corrected chi connectivity index (χ4v) is 2.55. The van der Waals surface area contributed by atoms with Crippen LogP contribution in [0.3, 0.4) is 0 Å². The molecule has 21 heavy (non-hydrogen) atoms. The minimum absolute atomic E-state index is 0.0614. The van der Waals surface area contributed by atoms with E-state index >= 15 is 0 Å². The topological polar surface area (TPSA) is 76.2 Å². The van der Waals surface area contributed by atoms with Crippen LogP contribution in [0, 0.1) is 13.8 Å². The molecule has 1 amide bonds. The van der Waals surface area contributed by atoms with Gasteiger partial charge in [-0.3, -0.25) is 9.89 Å². The van der Waals surface area contributed by atoms with Gasteiger partial charge >= 0.3 is 0 Å². The molecule has 1 aliphatic heterocycles. The molecule has 0 saturated carbocycles. The Balaban J connectivity index is 1.53. The normalized spacial score (nSPS) is 18.1. The van der Waals surface area contributed by atoms with Crippen LogP contribution in [0.2, 0.25) is 0 Å². The van der Waals surface area contributed by atoms with E-state index in [0.29, 0.717) is 13.2 Å². The summed E-state index contributed by atoms with van der Waals surface area (Å²) in [7, 11) is 0. The summed E-state index contributed by atoms with van der Waals surface area (Å²) in [4.78, 5) is 11.6. The molecule has 0 bridgehead atoms. The van der Waals surface area contributed by atoms with E-state index in [9.17, 15) is 4.79 Å². The number of rotatable bonds is 8. The second-order valence-electron chi connectivity index (χ2n) is 5.52. The van der Waals surface area contributed by atoms with E-state index in [-0.39, 0.29) is 18.6 Å². The number of H-pyrrole nitrogens is 1. The van der Waals surface area contributed by atoms with Crippen LogP contribution < -0.4 is 5.32 Å². The van der Waals surface area contributed by atoms with Gasteiger partial charge in [-0.15, -0.1) is 0 Å². The van der Waals surface area contributed by atoms with Crippen molar-refractivity contribution < 1.29 is 14.3 Å². The molecule has 6 nitrogen and oxygen atoms in total. The number of aromatic amines is 1. The minimum atomic E-state index is -0.0614. The van der Waals surface area contributed by atoms with Crippen molar-refractivity contribution in [1.82, 2.24) is 15.5 Å². The van der Waals surface area contributed by atoms with E-state index < -0.39 is 0 Å². The smallest absolute Gasteiger partial charge is 0.245 e. The highest BCUT2D eigenvalue weighted by atomic mass is 16.5. The van der Waals surface area contributed by atoms with E-state index in [0.717, 1.165) is 43.7 Å². The minimum Gasteiger partial charge on any atom is -0.376 e. The third-order valence-electron chi connectivity index (χ3n) is 3.77. The molecule has 1 atom stereocenters. The number of nitrogens with zero attached hydrogens (tertiary/aromatic N) is 1. The molecule has 0 aliphatic carbocycles. The van der Waals surface area contributed by atoms with Gasteiger partial charge in [-0.1, -0.05) is 0 Å². The largest absolute Gasteiger partial charge is 0.376 e. The van der Waals surface area contributed by atoms with Crippen molar-refractivity contribution in [3.8, 4) is 0 Å². The third kappa shape index (κ3) is 5.13. The Labute approximate surface area is 125 Å². The van der Waals surface area contributed by atoms with E-state index in [2.05, 4.69) is 15.5 Å². The number of aromatic nitrogens is 2. The predicted molar refractivity (Wildman–Crippen MR) is 79.2 cm³/mol. The lowest BCUT2D eigenvalue weighted by molar-refractivity contribution is -0.126. The van der Waals surface area contributed by atoms with Crippen molar-refractivity contribution in [2.24, 2.45) is 0 Å². The maximum Gasteiger partial charge on any atom is 0.245 e. The third-order valence-corrected chi connectivity index (χ3v) is 3.77. The molecular weight excluding hydrogens is 270 g/mol. The summed E-state index contributed by atoms with van der Waals surface area (Å²) in [5.74, 6) is -0.0614. The Kier molecular flexibility index (Phi) is 6.20. The zero-order chi connectivity index (χ0) is 15.1. The molecule has 1 aromatic heterocycles. The number of aryl methyl sites for hydroxylation is 2. The zero-order valence-electron chi connectivity index (χ0n) is 12.9. The van der Waals surface area contributed by atoms with Crippen LogP contribution in [-0.2, 0) is 20.7 Å². The Morgan fingerprint density at radius 1 is 1.52 bits per heavy atom. The summed E-state index contributed by atoms with van der Waals surface area (Å²) in [6.07, 6.45) is 4.12. The molecule has 0 spiro atoms. The van der Waals surface area contributed by atoms with E-state index in [1.165, 1.54) is 5.56 Å². The Morgan fingerprint density at radius 2 is 2.38 bits per heavy atom. The molecule has 2 heterocycles. The first kappa shape index (κ1) is 16.0. The molecular formula is C15H25N3O3. The van der Waals surface area contributed by atoms with Gasteiger partial charge in [0.05, 0.1) is 18.4 Å². The van der Waals surface area contributed by atoms with Gasteiger partial charge in [-0.2, -0.15) is 5.10 Å². The lowest BCUT2D eigenvalue weighted by Crippen LogP contribution is -2.30. The Bertz CT molecular complexity index is 434. The highest BCUT2D eigenvalue weighted by molar-refractivity contribution is 5.77. The van der Waals surface area contributed by atoms with Crippen LogP contribution in [0.15, 0.2) is 0 Å². The molecule has 0 radical (unpaired) electrons. The van der Waals surface area contributed by atoms with Crippen molar-refractivity contribution in [3.05, 3.63) is 17.0 Å². The van der Waals surface area contributed by atoms with Gasteiger partial charge in [0.25, 0.3) is 0 Å². The summed E-state index contributed by atoms with van der Waals surface area (Å²) < 4.78 is 10.8. The van der Waals surface area contributed by atoms with Crippen molar-refractivity contribution in [3.63, 3.8) is 0 Å². The first-order valence-electron chi connectivity index (χ1n) is 7.63. The first-order chi connectivity index (χ1) is 10.2. The summed E-state index contributed by atoms with van der Waals surface area (Å²) in [6, 6.07) is 0. The molecule has 2 N–H and O–H groups in total. The summed E-state index contributed by atoms with van der Waals surface area (Å²) in [5.41, 5.74) is 3.40. The maximum atomic E-state index is 11.6. The summed E-state index contributed by atoms with van der Waals surface area (Å²) in [6.45, 7) is 6.12. The molecule has 0 aromatic carbocycles. The average Bonchev–Trinajstić information content (AvgIpc) is 3.07. The van der Waals surface area contributed by atoms with Gasteiger partial charge in [-0.25, -0.2) is 0 Å². The molecule has 6 heteroatoms. The van der Waals surface area contributed by atoms with Gasteiger partial charge in [-0.05, 0) is 45.1 Å². The molecule has 0 unspecified atom stereocenters. The van der Waals surface area contributed by atoms with Crippen LogP contribution in [0.1, 0.15) is 36.2 Å². The summed E-state index contributed by atoms with van der Waals surface area (Å²) in [5, 5.41) is 10.0. The fourth-order valence-electron chi connectivity index (χ4n) is 2.55. The first-order valence-corrected chi connectivity index (χ1v) is 7.63. The lowest BCUT2D eigenvalue weighted by atomic mass is 10.1. The number of carbonyl (C=O) groups excluding carboxylic acids is 1. The van der Waals surface area contributed by atoms with Crippen molar-refractivity contribution in [1.29, 1.82) is 0 Å². The maximum absolute atomic E-state index is 11.6. The Hall–Kier alpha value is -1.40.